The fraction of sp³-hybridized carbons (Fsp3) is 0.364. The van der Waals surface area contributed by atoms with Crippen molar-refractivity contribution in [3.8, 4) is 0 Å². The second-order valence-corrected chi connectivity index (χ2v) is 5.22. The Morgan fingerprint density at radius 3 is 2.42 bits per heavy atom. The summed E-state index contributed by atoms with van der Waals surface area (Å²) in [5.74, 6) is -0.458. The van der Waals surface area contributed by atoms with Crippen LogP contribution >= 0.6 is 15.9 Å². The minimum absolute atomic E-state index is 0.0142. The van der Waals surface area contributed by atoms with Gasteiger partial charge in [0, 0.05) is 35.3 Å². The second kappa shape index (κ2) is 5.24. The highest BCUT2D eigenvalue weighted by molar-refractivity contribution is 9.10. The number of rotatable bonds is 2. The highest BCUT2D eigenvalue weighted by Gasteiger charge is 2.33. The van der Waals surface area contributed by atoms with Gasteiger partial charge in [0.15, 0.2) is 0 Å². The number of hydrogen-bond donors (Lipinski definition) is 2. The lowest BCUT2D eigenvalue weighted by molar-refractivity contribution is -0.385. The molecular formula is C11H11BrN2O5. The van der Waals surface area contributed by atoms with Crippen LogP contribution in [0.1, 0.15) is 10.4 Å². The Morgan fingerprint density at radius 2 is 1.89 bits per heavy atom. The fourth-order valence-electron chi connectivity index (χ4n) is 1.92. The standard InChI is InChI=1S/C11H11BrN2O5/c12-7-1-6(2-8(3-7)14(18)19)11(17)13-4-9(15)10(16)5-13/h1-3,9-10,15-16H,4-5H2. The molecule has 2 atom stereocenters. The molecule has 1 heterocycles. The molecule has 19 heavy (non-hydrogen) atoms. The van der Waals surface area contributed by atoms with Gasteiger partial charge in [0.25, 0.3) is 11.6 Å². The maximum absolute atomic E-state index is 12.1. The summed E-state index contributed by atoms with van der Waals surface area (Å²) in [6.07, 6.45) is -1.96. The van der Waals surface area contributed by atoms with Gasteiger partial charge in [-0.3, -0.25) is 14.9 Å². The molecule has 1 saturated heterocycles. The van der Waals surface area contributed by atoms with E-state index in [2.05, 4.69) is 15.9 Å². The summed E-state index contributed by atoms with van der Waals surface area (Å²) >= 11 is 3.11. The molecule has 0 saturated carbocycles. The molecule has 1 aliphatic heterocycles. The molecule has 2 N–H and O–H groups in total. The van der Waals surface area contributed by atoms with Crippen molar-refractivity contribution in [3.63, 3.8) is 0 Å². The first-order chi connectivity index (χ1) is 8.88. The summed E-state index contributed by atoms with van der Waals surface area (Å²) < 4.78 is 0.422. The van der Waals surface area contributed by atoms with Gasteiger partial charge in [0.05, 0.1) is 17.1 Å². The van der Waals surface area contributed by atoms with Gasteiger partial charge in [-0.2, -0.15) is 0 Å². The van der Waals surface area contributed by atoms with Crippen LogP contribution in [0.4, 0.5) is 5.69 Å². The van der Waals surface area contributed by atoms with E-state index in [0.717, 1.165) is 0 Å². The molecule has 2 unspecified atom stereocenters. The van der Waals surface area contributed by atoms with Crippen LogP contribution in [0, 0.1) is 10.1 Å². The molecule has 2 rings (SSSR count). The van der Waals surface area contributed by atoms with Crippen LogP contribution in [0.2, 0.25) is 0 Å². The third kappa shape index (κ3) is 2.91. The van der Waals surface area contributed by atoms with Crippen molar-refractivity contribution in [1.82, 2.24) is 4.90 Å². The van der Waals surface area contributed by atoms with Crippen molar-refractivity contribution in [3.05, 3.63) is 38.3 Å². The molecule has 0 aliphatic carbocycles. The number of aliphatic hydroxyl groups is 2. The Bertz CT molecular complexity index is 526. The summed E-state index contributed by atoms with van der Waals surface area (Å²) in [5.41, 5.74) is -0.0552. The molecule has 1 aromatic rings. The maximum atomic E-state index is 12.1. The molecule has 102 valence electrons. The first-order valence-corrected chi connectivity index (χ1v) is 6.28. The van der Waals surface area contributed by atoms with Crippen molar-refractivity contribution in [2.75, 3.05) is 13.1 Å². The topological polar surface area (TPSA) is 104 Å². The first-order valence-electron chi connectivity index (χ1n) is 5.49. The van der Waals surface area contributed by atoms with Gasteiger partial charge in [-0.15, -0.1) is 0 Å². The normalized spacial score (nSPS) is 22.6. The van der Waals surface area contributed by atoms with Crippen molar-refractivity contribution >= 4 is 27.5 Å². The summed E-state index contributed by atoms with van der Waals surface area (Å²) in [6, 6.07) is 3.93. The van der Waals surface area contributed by atoms with E-state index >= 15 is 0 Å². The van der Waals surface area contributed by atoms with Crippen molar-refractivity contribution in [2.45, 2.75) is 12.2 Å². The van der Waals surface area contributed by atoms with E-state index < -0.39 is 23.0 Å². The summed E-state index contributed by atoms with van der Waals surface area (Å²) in [6.45, 7) is 0.0284. The third-order valence-corrected chi connectivity index (χ3v) is 3.34. The molecule has 1 fully saturated rings. The molecule has 1 aliphatic rings. The van der Waals surface area contributed by atoms with E-state index in [1.165, 1.54) is 23.1 Å². The van der Waals surface area contributed by atoms with Gasteiger partial charge in [-0.25, -0.2) is 0 Å². The highest BCUT2D eigenvalue weighted by atomic mass is 79.9. The van der Waals surface area contributed by atoms with Crippen molar-refractivity contribution in [2.24, 2.45) is 0 Å². The molecule has 0 spiro atoms. The number of likely N-dealkylation sites (tertiary alicyclic amines) is 1. The number of halogens is 1. The van der Waals surface area contributed by atoms with Crippen LogP contribution in [0.3, 0.4) is 0 Å². The number of aliphatic hydroxyl groups excluding tert-OH is 2. The van der Waals surface area contributed by atoms with Gasteiger partial charge in [-0.1, -0.05) is 15.9 Å². The Labute approximate surface area is 116 Å². The molecule has 1 amide bonds. The lowest BCUT2D eigenvalue weighted by Crippen LogP contribution is -2.29. The SMILES string of the molecule is O=C(c1cc(Br)cc([N+](=O)[O-])c1)N1CC(O)C(O)C1. The average molecular weight is 331 g/mol. The van der Waals surface area contributed by atoms with Crippen LogP contribution in [-0.4, -0.2) is 51.2 Å². The molecular weight excluding hydrogens is 320 g/mol. The smallest absolute Gasteiger partial charge is 0.271 e. The van der Waals surface area contributed by atoms with Crippen LogP contribution < -0.4 is 0 Å². The second-order valence-electron chi connectivity index (χ2n) is 4.30. The first kappa shape index (κ1) is 13.9. The van der Waals surface area contributed by atoms with E-state index in [4.69, 9.17) is 0 Å². The van der Waals surface area contributed by atoms with Crippen LogP contribution in [-0.2, 0) is 0 Å². The lowest BCUT2D eigenvalue weighted by atomic mass is 10.2. The Hall–Kier alpha value is -1.51. The minimum Gasteiger partial charge on any atom is -0.388 e. The molecule has 7 nitrogen and oxygen atoms in total. The monoisotopic (exact) mass is 330 g/mol. The zero-order valence-electron chi connectivity index (χ0n) is 9.69. The van der Waals surface area contributed by atoms with Crippen molar-refractivity contribution < 1.29 is 19.9 Å². The Kier molecular flexibility index (Phi) is 3.83. The summed E-state index contributed by atoms with van der Waals surface area (Å²) in [4.78, 5) is 23.5. The average Bonchev–Trinajstić information content (AvgIpc) is 2.68. The van der Waals surface area contributed by atoms with Crippen LogP contribution in [0.25, 0.3) is 0 Å². The number of β-amino-alcohol motifs (C(OH)–C–C–N with tert-alkyl or cyclic N) is 2. The van der Waals surface area contributed by atoms with E-state index in [1.54, 1.807) is 0 Å². The Balaban J connectivity index is 2.27. The summed E-state index contributed by atoms with van der Waals surface area (Å²) in [5, 5.41) is 29.5. The van der Waals surface area contributed by atoms with Gasteiger partial charge in [-0.05, 0) is 6.07 Å². The fourth-order valence-corrected chi connectivity index (χ4v) is 2.40. The predicted octanol–water partition coefficient (Wildman–Crippen LogP) is 0.535. The van der Waals surface area contributed by atoms with Crippen molar-refractivity contribution in [1.29, 1.82) is 0 Å². The number of nitrogens with zero attached hydrogens (tertiary/aromatic N) is 2. The van der Waals surface area contributed by atoms with Gasteiger partial charge in [0.2, 0.25) is 0 Å². The highest BCUT2D eigenvalue weighted by Crippen LogP contribution is 2.23. The van der Waals surface area contributed by atoms with Gasteiger partial charge >= 0.3 is 0 Å². The number of non-ortho nitro benzene ring substituents is 1. The lowest BCUT2D eigenvalue weighted by Gasteiger charge is -2.15. The number of amides is 1. The zero-order chi connectivity index (χ0) is 14.2. The van der Waals surface area contributed by atoms with Gasteiger partial charge in [0.1, 0.15) is 0 Å². The molecule has 0 aromatic heterocycles. The van der Waals surface area contributed by atoms with Crippen LogP contribution in [0.5, 0.6) is 0 Å². The molecule has 0 bridgehead atoms. The van der Waals surface area contributed by atoms with E-state index in [1.807, 2.05) is 0 Å². The van der Waals surface area contributed by atoms with E-state index in [9.17, 15) is 25.1 Å². The number of nitro benzene ring substituents is 1. The van der Waals surface area contributed by atoms with Gasteiger partial charge < -0.3 is 15.1 Å². The van der Waals surface area contributed by atoms with E-state index in [-0.39, 0.29) is 24.3 Å². The number of nitro groups is 1. The third-order valence-electron chi connectivity index (χ3n) is 2.89. The Morgan fingerprint density at radius 1 is 1.32 bits per heavy atom. The number of carbonyl (C=O) groups is 1. The summed E-state index contributed by atoms with van der Waals surface area (Å²) in [7, 11) is 0. The number of benzene rings is 1. The predicted molar refractivity (Wildman–Crippen MR) is 68.7 cm³/mol. The number of carbonyl (C=O) groups excluding carboxylic acids is 1. The minimum atomic E-state index is -0.980. The zero-order valence-corrected chi connectivity index (χ0v) is 11.3. The maximum Gasteiger partial charge on any atom is 0.271 e. The number of hydrogen-bond acceptors (Lipinski definition) is 5. The molecule has 8 heteroatoms. The molecule has 1 aromatic carbocycles. The largest absolute Gasteiger partial charge is 0.388 e. The quantitative estimate of drug-likeness (QED) is 0.608. The van der Waals surface area contributed by atoms with E-state index in [0.29, 0.717) is 4.47 Å². The molecule has 0 radical (unpaired) electrons. The van der Waals surface area contributed by atoms with Crippen LogP contribution in [0.15, 0.2) is 22.7 Å².